The molecule has 0 aliphatic heterocycles. The van der Waals surface area contributed by atoms with Crippen LogP contribution in [0.1, 0.15) is 49.6 Å². The van der Waals surface area contributed by atoms with Crippen LogP contribution in [0.15, 0.2) is 18.3 Å². The first-order chi connectivity index (χ1) is 7.56. The maximum atomic E-state index is 11.7. The molecule has 4 heteroatoms. The summed E-state index contributed by atoms with van der Waals surface area (Å²) in [5.41, 5.74) is 0.607. The van der Waals surface area contributed by atoms with E-state index in [9.17, 15) is 9.59 Å². The number of nitrogens with zero attached hydrogens (tertiary/aromatic N) is 1. The number of ketones is 1. The van der Waals surface area contributed by atoms with Gasteiger partial charge in [0.05, 0.1) is 12.1 Å². The molecule has 0 aliphatic rings. The Morgan fingerprint density at radius 3 is 2.75 bits per heavy atom. The second-order valence-corrected chi connectivity index (χ2v) is 3.92. The summed E-state index contributed by atoms with van der Waals surface area (Å²) in [6.45, 7) is 3.75. The highest BCUT2D eigenvalue weighted by Crippen LogP contribution is 2.16. The van der Waals surface area contributed by atoms with Crippen molar-refractivity contribution in [2.75, 3.05) is 0 Å². The molecular weight excluding hydrogens is 206 g/mol. The van der Waals surface area contributed by atoms with Gasteiger partial charge < -0.3 is 9.67 Å². The normalized spacial score (nSPS) is 12.4. The van der Waals surface area contributed by atoms with Crippen LogP contribution in [0.5, 0.6) is 0 Å². The van der Waals surface area contributed by atoms with Crippen molar-refractivity contribution in [3.05, 3.63) is 24.0 Å². The molecule has 4 nitrogen and oxygen atoms in total. The third-order valence-corrected chi connectivity index (χ3v) is 2.49. The van der Waals surface area contributed by atoms with Crippen molar-refractivity contribution in [1.82, 2.24) is 4.57 Å². The van der Waals surface area contributed by atoms with Crippen LogP contribution in [0.2, 0.25) is 0 Å². The largest absolute Gasteiger partial charge is 0.481 e. The van der Waals surface area contributed by atoms with Crippen LogP contribution < -0.4 is 0 Å². The van der Waals surface area contributed by atoms with E-state index in [1.807, 2.05) is 6.92 Å². The van der Waals surface area contributed by atoms with Gasteiger partial charge in [0.1, 0.15) is 0 Å². The summed E-state index contributed by atoms with van der Waals surface area (Å²) in [5, 5.41) is 8.72. The summed E-state index contributed by atoms with van der Waals surface area (Å²) in [6, 6.07) is 3.33. The zero-order chi connectivity index (χ0) is 12.1. The van der Waals surface area contributed by atoms with Crippen LogP contribution >= 0.6 is 0 Å². The third-order valence-electron chi connectivity index (χ3n) is 2.49. The number of hydrogen-bond acceptors (Lipinski definition) is 2. The topological polar surface area (TPSA) is 59.3 Å². The van der Waals surface area contributed by atoms with Gasteiger partial charge in [-0.25, -0.2) is 0 Å². The van der Waals surface area contributed by atoms with Crippen molar-refractivity contribution in [1.29, 1.82) is 0 Å². The monoisotopic (exact) mass is 223 g/mol. The predicted octanol–water partition coefficient (Wildman–Crippen LogP) is 2.51. The third kappa shape index (κ3) is 2.95. The molecule has 0 spiro atoms. The Bertz CT molecular complexity index is 381. The minimum absolute atomic E-state index is 0.0289. The Labute approximate surface area is 94.9 Å². The first kappa shape index (κ1) is 12.5. The molecule has 1 atom stereocenters. The molecule has 1 rings (SSSR count). The molecule has 1 heterocycles. The molecule has 1 aromatic rings. The van der Waals surface area contributed by atoms with Crippen LogP contribution in [-0.2, 0) is 4.79 Å². The van der Waals surface area contributed by atoms with Gasteiger partial charge in [-0.2, -0.15) is 0 Å². The zero-order valence-corrected chi connectivity index (χ0v) is 9.64. The summed E-state index contributed by atoms with van der Waals surface area (Å²) < 4.78 is 1.74. The van der Waals surface area contributed by atoms with E-state index in [1.165, 1.54) is 0 Å². The van der Waals surface area contributed by atoms with E-state index in [1.54, 1.807) is 29.8 Å². The fourth-order valence-electron chi connectivity index (χ4n) is 1.72. The Balaban J connectivity index is 2.84. The van der Waals surface area contributed by atoms with Crippen molar-refractivity contribution < 1.29 is 14.7 Å². The number of carboxylic acid groups (broad SMARTS) is 1. The van der Waals surface area contributed by atoms with Gasteiger partial charge in [-0.1, -0.05) is 6.92 Å². The molecule has 1 N–H and O–H groups in total. The molecule has 0 radical (unpaired) electrons. The maximum absolute atomic E-state index is 11.7. The molecule has 88 valence electrons. The summed E-state index contributed by atoms with van der Waals surface area (Å²) >= 11 is 0. The molecule has 0 unspecified atom stereocenters. The molecular formula is C12H17NO3. The van der Waals surface area contributed by atoms with Gasteiger partial charge in [0.25, 0.3) is 0 Å². The lowest BCUT2D eigenvalue weighted by Gasteiger charge is -2.14. The van der Waals surface area contributed by atoms with Gasteiger partial charge in [-0.15, -0.1) is 0 Å². The van der Waals surface area contributed by atoms with Crippen molar-refractivity contribution in [3.8, 4) is 0 Å². The summed E-state index contributed by atoms with van der Waals surface area (Å²) in [7, 11) is 0. The minimum atomic E-state index is -0.852. The van der Waals surface area contributed by atoms with Crippen LogP contribution in [0.3, 0.4) is 0 Å². The van der Waals surface area contributed by atoms with Crippen molar-refractivity contribution in [3.63, 3.8) is 0 Å². The number of aliphatic carboxylic acids is 1. The van der Waals surface area contributed by atoms with Crippen LogP contribution in [0.25, 0.3) is 0 Å². The van der Waals surface area contributed by atoms with E-state index < -0.39 is 5.97 Å². The lowest BCUT2D eigenvalue weighted by atomic mass is 10.1. The Hall–Kier alpha value is -1.58. The number of aromatic nitrogens is 1. The maximum Gasteiger partial charge on any atom is 0.305 e. The van der Waals surface area contributed by atoms with E-state index in [-0.39, 0.29) is 18.2 Å². The molecule has 0 saturated carbocycles. The van der Waals surface area contributed by atoms with Crippen molar-refractivity contribution in [2.24, 2.45) is 0 Å². The smallest absolute Gasteiger partial charge is 0.305 e. The van der Waals surface area contributed by atoms with E-state index >= 15 is 0 Å². The van der Waals surface area contributed by atoms with Crippen molar-refractivity contribution in [2.45, 2.75) is 39.2 Å². The molecule has 0 bridgehead atoms. The second-order valence-electron chi connectivity index (χ2n) is 3.92. The number of carbonyl (C=O) groups excluding carboxylic acids is 1. The van der Waals surface area contributed by atoms with Gasteiger partial charge in [0.15, 0.2) is 5.78 Å². The van der Waals surface area contributed by atoms with Crippen LogP contribution in [0.4, 0.5) is 0 Å². The molecule has 16 heavy (non-hydrogen) atoms. The molecule has 0 saturated heterocycles. The van der Waals surface area contributed by atoms with Gasteiger partial charge in [-0.3, -0.25) is 9.59 Å². The number of Topliss-reactive ketones (excluding diaryl/α,β-unsaturated/α-hetero) is 1. The van der Waals surface area contributed by atoms with E-state index in [4.69, 9.17) is 5.11 Å². The summed E-state index contributed by atoms with van der Waals surface area (Å²) in [5.74, 6) is -0.778. The SMILES string of the molecule is CCCC(=O)c1cccn1[C@@H](C)CC(=O)O. The van der Waals surface area contributed by atoms with Gasteiger partial charge in [0, 0.05) is 18.7 Å². The lowest BCUT2D eigenvalue weighted by Crippen LogP contribution is -2.15. The Kier molecular flexibility index (Phi) is 4.28. The van der Waals surface area contributed by atoms with Gasteiger partial charge in [0.2, 0.25) is 0 Å². The highest BCUT2D eigenvalue weighted by molar-refractivity contribution is 5.94. The molecule has 0 amide bonds. The van der Waals surface area contributed by atoms with E-state index in [0.717, 1.165) is 6.42 Å². The minimum Gasteiger partial charge on any atom is -0.481 e. The average Bonchev–Trinajstić information content (AvgIpc) is 2.65. The highest BCUT2D eigenvalue weighted by atomic mass is 16.4. The summed E-state index contributed by atoms with van der Waals surface area (Å²) in [4.78, 5) is 22.4. The lowest BCUT2D eigenvalue weighted by molar-refractivity contribution is -0.137. The Morgan fingerprint density at radius 2 is 2.19 bits per heavy atom. The molecule has 0 aliphatic carbocycles. The highest BCUT2D eigenvalue weighted by Gasteiger charge is 2.15. The van der Waals surface area contributed by atoms with Crippen LogP contribution in [0, 0.1) is 0 Å². The predicted molar refractivity (Wildman–Crippen MR) is 60.6 cm³/mol. The van der Waals surface area contributed by atoms with Crippen molar-refractivity contribution >= 4 is 11.8 Å². The van der Waals surface area contributed by atoms with E-state index in [2.05, 4.69) is 0 Å². The standard InChI is InChI=1S/C12H17NO3/c1-3-5-11(14)10-6-4-7-13(10)9(2)8-12(15)16/h4,6-7,9H,3,5,8H2,1-2H3,(H,15,16)/t9-/m0/s1. The number of hydrogen-bond donors (Lipinski definition) is 1. The summed E-state index contributed by atoms with van der Waals surface area (Å²) in [6.07, 6.45) is 3.10. The average molecular weight is 223 g/mol. The molecule has 0 fully saturated rings. The molecule has 0 aromatic carbocycles. The fourth-order valence-corrected chi connectivity index (χ4v) is 1.72. The second kappa shape index (κ2) is 5.49. The van der Waals surface area contributed by atoms with E-state index in [0.29, 0.717) is 12.1 Å². The first-order valence-corrected chi connectivity index (χ1v) is 5.48. The number of rotatable bonds is 6. The van der Waals surface area contributed by atoms with Gasteiger partial charge in [-0.05, 0) is 25.5 Å². The quantitative estimate of drug-likeness (QED) is 0.754. The number of carbonyl (C=O) groups is 2. The first-order valence-electron chi connectivity index (χ1n) is 5.48. The van der Waals surface area contributed by atoms with Crippen LogP contribution in [-0.4, -0.2) is 21.4 Å². The van der Waals surface area contributed by atoms with Gasteiger partial charge >= 0.3 is 5.97 Å². The number of carboxylic acids is 1. The molecule has 1 aromatic heterocycles. The zero-order valence-electron chi connectivity index (χ0n) is 9.64. The Morgan fingerprint density at radius 1 is 1.50 bits per heavy atom. The fraction of sp³-hybridized carbons (Fsp3) is 0.500.